The highest BCUT2D eigenvalue weighted by Gasteiger charge is 2.03. The lowest BCUT2D eigenvalue weighted by Crippen LogP contribution is -1.92. The van der Waals surface area contributed by atoms with Crippen LogP contribution in [0.1, 0.15) is 18.5 Å². The van der Waals surface area contributed by atoms with E-state index in [2.05, 4.69) is 27.0 Å². The molecule has 1 aromatic heterocycles. The summed E-state index contributed by atoms with van der Waals surface area (Å²) < 4.78 is 0.775. The van der Waals surface area contributed by atoms with Gasteiger partial charge >= 0.3 is 0 Å². The van der Waals surface area contributed by atoms with Crippen LogP contribution in [0.15, 0.2) is 22.8 Å². The van der Waals surface area contributed by atoms with E-state index in [1.807, 2.05) is 25.1 Å². The highest BCUT2D eigenvalue weighted by molar-refractivity contribution is 9.10. The van der Waals surface area contributed by atoms with E-state index in [4.69, 9.17) is 5.26 Å². The zero-order chi connectivity index (χ0) is 8.27. The predicted molar refractivity (Wildman–Crippen MR) is 46.0 cm³/mol. The van der Waals surface area contributed by atoms with Crippen LogP contribution in [0.4, 0.5) is 0 Å². The number of aromatic nitrogens is 1. The molecule has 0 saturated heterocycles. The maximum atomic E-state index is 8.57. The molecule has 0 N–H and O–H groups in total. The van der Waals surface area contributed by atoms with Crippen molar-refractivity contribution in [1.82, 2.24) is 4.98 Å². The van der Waals surface area contributed by atoms with E-state index >= 15 is 0 Å². The number of nitrogens with zero attached hydrogens (tertiary/aromatic N) is 2. The fourth-order valence-electron chi connectivity index (χ4n) is 0.731. The third-order valence-corrected chi connectivity index (χ3v) is 1.82. The molecule has 1 aromatic rings. The molecular formula is C8H7BrN2. The van der Waals surface area contributed by atoms with Crippen molar-refractivity contribution in [2.45, 2.75) is 12.8 Å². The first-order chi connectivity index (χ1) is 5.24. The van der Waals surface area contributed by atoms with Crippen molar-refractivity contribution in [3.8, 4) is 6.07 Å². The van der Waals surface area contributed by atoms with Crippen molar-refractivity contribution in [2.75, 3.05) is 0 Å². The number of rotatable bonds is 1. The Hall–Kier alpha value is -0.880. The van der Waals surface area contributed by atoms with E-state index in [1.54, 1.807) is 0 Å². The molecule has 0 saturated carbocycles. The number of hydrogen-bond acceptors (Lipinski definition) is 2. The van der Waals surface area contributed by atoms with E-state index in [-0.39, 0.29) is 5.92 Å². The Bertz CT molecular complexity index is 290. The molecule has 0 amide bonds. The van der Waals surface area contributed by atoms with E-state index in [0.29, 0.717) is 0 Å². The molecule has 0 radical (unpaired) electrons. The molecule has 1 unspecified atom stereocenters. The Labute approximate surface area is 74.0 Å². The van der Waals surface area contributed by atoms with Crippen LogP contribution in [0, 0.1) is 11.3 Å². The molecular weight excluding hydrogens is 204 g/mol. The van der Waals surface area contributed by atoms with Crippen LogP contribution in [0.3, 0.4) is 0 Å². The summed E-state index contributed by atoms with van der Waals surface area (Å²) in [6, 6.07) is 7.69. The molecule has 56 valence electrons. The Morgan fingerprint density at radius 1 is 1.64 bits per heavy atom. The van der Waals surface area contributed by atoms with E-state index in [9.17, 15) is 0 Å². The fraction of sp³-hybridized carbons (Fsp3) is 0.250. The minimum absolute atomic E-state index is 0.132. The van der Waals surface area contributed by atoms with Crippen LogP contribution in [-0.2, 0) is 0 Å². The number of nitriles is 1. The predicted octanol–water partition coefficient (Wildman–Crippen LogP) is 2.47. The first-order valence-electron chi connectivity index (χ1n) is 3.26. The van der Waals surface area contributed by atoms with Crippen LogP contribution < -0.4 is 0 Å². The highest BCUT2D eigenvalue weighted by atomic mass is 79.9. The summed E-state index contributed by atoms with van der Waals surface area (Å²) in [4.78, 5) is 4.14. The summed E-state index contributed by atoms with van der Waals surface area (Å²) in [5, 5.41) is 8.57. The first kappa shape index (κ1) is 8.22. The van der Waals surface area contributed by atoms with Gasteiger partial charge < -0.3 is 0 Å². The maximum Gasteiger partial charge on any atom is 0.106 e. The molecule has 11 heavy (non-hydrogen) atoms. The topological polar surface area (TPSA) is 36.7 Å². The lowest BCUT2D eigenvalue weighted by atomic mass is 10.1. The second-order valence-corrected chi connectivity index (χ2v) is 3.05. The quantitative estimate of drug-likeness (QED) is 0.669. The molecule has 1 atom stereocenters. The van der Waals surface area contributed by atoms with Gasteiger partial charge in [0.2, 0.25) is 0 Å². The lowest BCUT2D eigenvalue weighted by Gasteiger charge is -2.00. The van der Waals surface area contributed by atoms with Gasteiger partial charge in [0.1, 0.15) is 4.60 Å². The van der Waals surface area contributed by atoms with Crippen molar-refractivity contribution in [3.05, 3.63) is 28.5 Å². The van der Waals surface area contributed by atoms with Gasteiger partial charge in [0.05, 0.1) is 17.7 Å². The van der Waals surface area contributed by atoms with Crippen LogP contribution in [0.5, 0.6) is 0 Å². The van der Waals surface area contributed by atoms with Crippen molar-refractivity contribution in [1.29, 1.82) is 5.26 Å². The molecule has 2 nitrogen and oxygen atoms in total. The molecule has 3 heteroatoms. The van der Waals surface area contributed by atoms with E-state index < -0.39 is 0 Å². The van der Waals surface area contributed by atoms with Gasteiger partial charge in [-0.1, -0.05) is 6.07 Å². The standard InChI is InChI=1S/C8H7BrN2/c1-6(5-10)7-3-2-4-8(9)11-7/h2-4,6H,1H3. The Balaban J connectivity index is 2.98. The van der Waals surface area contributed by atoms with Gasteiger partial charge in [-0.2, -0.15) is 5.26 Å². The average molecular weight is 211 g/mol. The molecule has 0 aromatic carbocycles. The maximum absolute atomic E-state index is 8.57. The number of pyridine rings is 1. The van der Waals surface area contributed by atoms with Crippen molar-refractivity contribution in [3.63, 3.8) is 0 Å². The van der Waals surface area contributed by atoms with Crippen molar-refractivity contribution < 1.29 is 0 Å². The number of hydrogen-bond donors (Lipinski definition) is 0. The normalized spacial score (nSPS) is 12.1. The molecule has 0 aliphatic rings. The molecule has 0 fully saturated rings. The molecule has 1 rings (SSSR count). The Kier molecular flexibility index (Phi) is 2.61. The molecule has 1 heterocycles. The van der Waals surface area contributed by atoms with Gasteiger partial charge in [-0.15, -0.1) is 0 Å². The summed E-state index contributed by atoms with van der Waals surface area (Å²) in [5.74, 6) is -0.132. The summed E-state index contributed by atoms with van der Waals surface area (Å²) in [6.07, 6.45) is 0. The van der Waals surface area contributed by atoms with Crippen LogP contribution in [0.2, 0.25) is 0 Å². The SMILES string of the molecule is CC(C#N)c1cccc(Br)n1. The number of halogens is 1. The molecule has 0 bridgehead atoms. The Morgan fingerprint density at radius 3 is 2.91 bits per heavy atom. The first-order valence-corrected chi connectivity index (χ1v) is 4.05. The molecule has 0 aliphatic carbocycles. The smallest absolute Gasteiger partial charge is 0.106 e. The molecule has 0 aliphatic heterocycles. The highest BCUT2D eigenvalue weighted by Crippen LogP contribution is 2.13. The van der Waals surface area contributed by atoms with Crippen molar-refractivity contribution >= 4 is 15.9 Å². The second kappa shape index (κ2) is 3.49. The third kappa shape index (κ3) is 2.02. The zero-order valence-electron chi connectivity index (χ0n) is 6.08. The lowest BCUT2D eigenvalue weighted by molar-refractivity contribution is 0.913. The van der Waals surface area contributed by atoms with Crippen molar-refractivity contribution in [2.24, 2.45) is 0 Å². The molecule has 0 spiro atoms. The van der Waals surface area contributed by atoms with Gasteiger partial charge in [-0.3, -0.25) is 0 Å². The van der Waals surface area contributed by atoms with Gasteiger partial charge in [0, 0.05) is 0 Å². The zero-order valence-corrected chi connectivity index (χ0v) is 7.67. The van der Waals surface area contributed by atoms with E-state index in [1.165, 1.54) is 0 Å². The third-order valence-electron chi connectivity index (χ3n) is 1.37. The van der Waals surface area contributed by atoms with Gasteiger partial charge in [-0.05, 0) is 35.0 Å². The summed E-state index contributed by atoms with van der Waals surface area (Å²) >= 11 is 3.24. The second-order valence-electron chi connectivity index (χ2n) is 2.24. The van der Waals surface area contributed by atoms with Gasteiger partial charge in [0.25, 0.3) is 0 Å². The fourth-order valence-corrected chi connectivity index (χ4v) is 1.09. The minimum atomic E-state index is -0.132. The van der Waals surface area contributed by atoms with Gasteiger partial charge in [0.15, 0.2) is 0 Å². The summed E-state index contributed by atoms with van der Waals surface area (Å²) in [7, 11) is 0. The Morgan fingerprint density at radius 2 is 2.36 bits per heavy atom. The average Bonchev–Trinajstić information content (AvgIpc) is 2.03. The summed E-state index contributed by atoms with van der Waals surface area (Å²) in [6.45, 7) is 1.83. The van der Waals surface area contributed by atoms with E-state index in [0.717, 1.165) is 10.3 Å². The van der Waals surface area contributed by atoms with Crippen LogP contribution in [-0.4, -0.2) is 4.98 Å². The van der Waals surface area contributed by atoms with Crippen LogP contribution in [0.25, 0.3) is 0 Å². The minimum Gasteiger partial charge on any atom is -0.245 e. The summed E-state index contributed by atoms with van der Waals surface area (Å²) in [5.41, 5.74) is 0.807. The largest absolute Gasteiger partial charge is 0.245 e. The van der Waals surface area contributed by atoms with Gasteiger partial charge in [-0.25, -0.2) is 4.98 Å². The van der Waals surface area contributed by atoms with Crippen LogP contribution >= 0.6 is 15.9 Å². The monoisotopic (exact) mass is 210 g/mol.